The van der Waals surface area contributed by atoms with Crippen molar-refractivity contribution in [3.05, 3.63) is 28.8 Å². The van der Waals surface area contributed by atoms with Crippen LogP contribution in [0.1, 0.15) is 5.56 Å². The topological polar surface area (TPSA) is 37.3 Å². The molecule has 0 spiro atoms. The summed E-state index contributed by atoms with van der Waals surface area (Å²) in [6.45, 7) is 0. The van der Waals surface area contributed by atoms with Crippen molar-refractivity contribution in [2.24, 2.45) is 0 Å². The summed E-state index contributed by atoms with van der Waals surface area (Å²) < 4.78 is 0. The van der Waals surface area contributed by atoms with Gasteiger partial charge >= 0.3 is 5.97 Å². The van der Waals surface area contributed by atoms with Crippen LogP contribution in [0, 0.1) is 0 Å². The molecule has 2 nitrogen and oxygen atoms in total. The van der Waals surface area contributed by atoms with Gasteiger partial charge in [0.1, 0.15) is 0 Å². The van der Waals surface area contributed by atoms with Gasteiger partial charge in [0.2, 0.25) is 0 Å². The van der Waals surface area contributed by atoms with E-state index < -0.39 is 5.97 Å². The molecule has 0 aliphatic carbocycles. The van der Waals surface area contributed by atoms with Crippen molar-refractivity contribution in [1.82, 2.24) is 0 Å². The highest BCUT2D eigenvalue weighted by atomic mass is 35.5. The Balaban J connectivity index is 3.01. The first-order chi connectivity index (χ1) is 6.15. The first kappa shape index (κ1) is 10.4. The smallest absolute Gasteiger partial charge is 0.307 e. The van der Waals surface area contributed by atoms with Crippen molar-refractivity contribution in [1.29, 1.82) is 0 Å². The largest absolute Gasteiger partial charge is 0.481 e. The van der Waals surface area contributed by atoms with E-state index in [4.69, 9.17) is 16.7 Å². The number of carboxylic acid groups (broad SMARTS) is 1. The van der Waals surface area contributed by atoms with Gasteiger partial charge in [-0.3, -0.25) is 4.79 Å². The normalized spacial score (nSPS) is 10.0. The molecular formula is C9H9ClO2S. The molecule has 0 saturated carbocycles. The third-order valence-electron chi connectivity index (χ3n) is 1.60. The summed E-state index contributed by atoms with van der Waals surface area (Å²) in [5, 5.41) is 9.14. The summed E-state index contributed by atoms with van der Waals surface area (Å²) in [4.78, 5) is 11.4. The lowest BCUT2D eigenvalue weighted by Gasteiger charge is -2.04. The molecule has 0 bridgehead atoms. The van der Waals surface area contributed by atoms with Gasteiger partial charge in [0, 0.05) is 4.90 Å². The molecule has 0 atom stereocenters. The summed E-state index contributed by atoms with van der Waals surface area (Å²) >= 11 is 7.48. The van der Waals surface area contributed by atoms with Crippen LogP contribution in [-0.4, -0.2) is 17.3 Å². The third kappa shape index (κ3) is 2.64. The third-order valence-corrected chi connectivity index (χ3v) is 2.94. The lowest BCUT2D eigenvalue weighted by molar-refractivity contribution is -0.136. The summed E-state index contributed by atoms with van der Waals surface area (Å²) in [7, 11) is 0. The Morgan fingerprint density at radius 3 is 2.85 bits per heavy atom. The van der Waals surface area contributed by atoms with Crippen molar-refractivity contribution < 1.29 is 9.90 Å². The molecule has 0 aromatic heterocycles. The highest BCUT2D eigenvalue weighted by Crippen LogP contribution is 2.28. The van der Waals surface area contributed by atoms with Crippen LogP contribution in [0.4, 0.5) is 0 Å². The lowest BCUT2D eigenvalue weighted by atomic mass is 10.1. The van der Waals surface area contributed by atoms with E-state index in [1.54, 1.807) is 6.07 Å². The van der Waals surface area contributed by atoms with Crippen LogP contribution < -0.4 is 0 Å². The van der Waals surface area contributed by atoms with E-state index in [9.17, 15) is 4.79 Å². The Labute approximate surface area is 85.9 Å². The number of aliphatic carboxylic acids is 1. The first-order valence-corrected chi connectivity index (χ1v) is 5.28. The van der Waals surface area contributed by atoms with E-state index in [0.717, 1.165) is 4.90 Å². The Kier molecular flexibility index (Phi) is 3.63. The van der Waals surface area contributed by atoms with Gasteiger partial charge in [0.25, 0.3) is 0 Å². The number of hydrogen-bond acceptors (Lipinski definition) is 2. The molecule has 1 aromatic rings. The zero-order valence-electron chi connectivity index (χ0n) is 7.08. The van der Waals surface area contributed by atoms with Crippen LogP contribution in [0.2, 0.25) is 5.02 Å². The fourth-order valence-corrected chi connectivity index (χ4v) is 1.96. The van der Waals surface area contributed by atoms with Crippen molar-refractivity contribution in [2.45, 2.75) is 11.3 Å². The number of thioether (sulfide) groups is 1. The first-order valence-electron chi connectivity index (χ1n) is 3.68. The number of carbonyl (C=O) groups is 1. The fraction of sp³-hybridized carbons (Fsp3) is 0.222. The monoisotopic (exact) mass is 216 g/mol. The Bertz CT molecular complexity index is 325. The second kappa shape index (κ2) is 4.53. The maximum atomic E-state index is 10.5. The number of rotatable bonds is 3. The maximum Gasteiger partial charge on any atom is 0.307 e. The molecule has 1 aromatic carbocycles. The Morgan fingerprint density at radius 1 is 1.62 bits per heavy atom. The molecule has 0 saturated heterocycles. The van der Waals surface area contributed by atoms with E-state index >= 15 is 0 Å². The average molecular weight is 217 g/mol. The van der Waals surface area contributed by atoms with Crippen molar-refractivity contribution >= 4 is 29.3 Å². The molecule has 1 rings (SSSR count). The van der Waals surface area contributed by atoms with E-state index in [2.05, 4.69) is 0 Å². The van der Waals surface area contributed by atoms with Gasteiger partial charge in [-0.15, -0.1) is 11.8 Å². The van der Waals surface area contributed by atoms with Crippen LogP contribution in [0.15, 0.2) is 23.1 Å². The van der Waals surface area contributed by atoms with Gasteiger partial charge in [0.15, 0.2) is 0 Å². The zero-order valence-corrected chi connectivity index (χ0v) is 8.65. The van der Waals surface area contributed by atoms with Crippen LogP contribution in [0.3, 0.4) is 0 Å². The summed E-state index contributed by atoms with van der Waals surface area (Å²) in [5.41, 5.74) is 0.668. The molecule has 1 N–H and O–H groups in total. The van der Waals surface area contributed by atoms with E-state index in [0.29, 0.717) is 10.6 Å². The van der Waals surface area contributed by atoms with Crippen molar-refractivity contribution in [3.8, 4) is 0 Å². The SMILES string of the molecule is CSc1cccc(CC(=O)O)c1Cl. The van der Waals surface area contributed by atoms with Crippen LogP contribution in [-0.2, 0) is 11.2 Å². The number of carboxylic acids is 1. The van der Waals surface area contributed by atoms with Crippen LogP contribution >= 0.6 is 23.4 Å². The second-order valence-corrected chi connectivity index (χ2v) is 3.73. The highest BCUT2D eigenvalue weighted by molar-refractivity contribution is 7.98. The molecular weight excluding hydrogens is 208 g/mol. The Morgan fingerprint density at radius 2 is 2.31 bits per heavy atom. The van der Waals surface area contributed by atoms with Gasteiger partial charge in [-0.05, 0) is 17.9 Å². The van der Waals surface area contributed by atoms with Crippen LogP contribution in [0.5, 0.6) is 0 Å². The predicted octanol–water partition coefficient (Wildman–Crippen LogP) is 2.69. The molecule has 0 unspecified atom stereocenters. The minimum Gasteiger partial charge on any atom is -0.481 e. The van der Waals surface area contributed by atoms with E-state index in [1.807, 2.05) is 18.4 Å². The molecule has 70 valence electrons. The van der Waals surface area contributed by atoms with Gasteiger partial charge in [-0.1, -0.05) is 23.7 Å². The summed E-state index contributed by atoms with van der Waals surface area (Å²) in [5.74, 6) is -0.861. The quantitative estimate of drug-likeness (QED) is 0.790. The van der Waals surface area contributed by atoms with Crippen molar-refractivity contribution in [2.75, 3.05) is 6.26 Å². The van der Waals surface area contributed by atoms with E-state index in [1.165, 1.54) is 11.8 Å². The Hall–Kier alpha value is -0.670. The maximum absolute atomic E-state index is 10.5. The molecule has 0 radical (unpaired) electrons. The second-order valence-electron chi connectivity index (χ2n) is 2.50. The molecule has 13 heavy (non-hydrogen) atoms. The zero-order chi connectivity index (χ0) is 9.84. The standard InChI is InChI=1S/C9H9ClO2S/c1-13-7-4-2-3-6(9(7)10)5-8(11)12/h2-4H,5H2,1H3,(H,11,12). The van der Waals surface area contributed by atoms with Gasteiger partial charge in [0.05, 0.1) is 11.4 Å². The fourth-order valence-electron chi connectivity index (χ4n) is 1.01. The van der Waals surface area contributed by atoms with Crippen molar-refractivity contribution in [3.63, 3.8) is 0 Å². The summed E-state index contributed by atoms with van der Waals surface area (Å²) in [6, 6.07) is 5.42. The number of hydrogen-bond donors (Lipinski definition) is 1. The number of benzene rings is 1. The molecule has 0 aliphatic heterocycles. The van der Waals surface area contributed by atoms with Gasteiger partial charge in [-0.25, -0.2) is 0 Å². The van der Waals surface area contributed by atoms with Gasteiger partial charge in [-0.2, -0.15) is 0 Å². The lowest BCUT2D eigenvalue weighted by Crippen LogP contribution is -2.00. The number of halogens is 1. The molecule has 4 heteroatoms. The average Bonchev–Trinajstić information content (AvgIpc) is 2.08. The van der Waals surface area contributed by atoms with E-state index in [-0.39, 0.29) is 6.42 Å². The molecule has 0 heterocycles. The molecule has 0 fully saturated rings. The minimum atomic E-state index is -0.861. The van der Waals surface area contributed by atoms with Gasteiger partial charge < -0.3 is 5.11 Å². The van der Waals surface area contributed by atoms with Crippen LogP contribution in [0.25, 0.3) is 0 Å². The predicted molar refractivity (Wildman–Crippen MR) is 54.6 cm³/mol. The highest BCUT2D eigenvalue weighted by Gasteiger charge is 2.07. The summed E-state index contributed by atoms with van der Waals surface area (Å²) in [6.07, 6.45) is 1.89. The minimum absolute atomic E-state index is 0.0206. The molecule has 0 aliphatic rings. The molecule has 0 amide bonds.